The second-order valence-electron chi connectivity index (χ2n) is 4.47. The van der Waals surface area contributed by atoms with Gasteiger partial charge in [-0.3, -0.25) is 4.79 Å². The molecule has 3 nitrogen and oxygen atoms in total. The minimum atomic E-state index is -0.145. The lowest BCUT2D eigenvalue weighted by Gasteiger charge is -2.24. The summed E-state index contributed by atoms with van der Waals surface area (Å²) < 4.78 is 5.28. The van der Waals surface area contributed by atoms with E-state index in [-0.39, 0.29) is 11.9 Å². The maximum absolute atomic E-state index is 11.4. The Hall–Kier alpha value is -1.77. The van der Waals surface area contributed by atoms with E-state index in [1.165, 1.54) is 0 Å². The zero-order chi connectivity index (χ0) is 12.4. The smallest absolute Gasteiger partial charge is 0.311 e. The summed E-state index contributed by atoms with van der Waals surface area (Å²) in [6, 6.07) is 6.02. The Kier molecular flexibility index (Phi) is 3.18. The van der Waals surface area contributed by atoms with Crippen LogP contribution in [-0.4, -0.2) is 19.6 Å². The van der Waals surface area contributed by atoms with E-state index in [0.29, 0.717) is 12.2 Å². The summed E-state index contributed by atoms with van der Waals surface area (Å²) in [6.45, 7) is 6.52. The SMILES string of the molecule is C=CCN(C)c1ccc2c(c1)OC(=O)CC2C. The Morgan fingerprint density at radius 3 is 3.06 bits per heavy atom. The van der Waals surface area contributed by atoms with Crippen molar-refractivity contribution in [3.05, 3.63) is 36.4 Å². The molecular weight excluding hydrogens is 214 g/mol. The van der Waals surface area contributed by atoms with Gasteiger partial charge in [-0.05, 0) is 17.5 Å². The molecule has 0 radical (unpaired) electrons. The van der Waals surface area contributed by atoms with Crippen LogP contribution in [0, 0.1) is 0 Å². The minimum Gasteiger partial charge on any atom is -0.426 e. The van der Waals surface area contributed by atoms with Gasteiger partial charge in [-0.1, -0.05) is 19.1 Å². The molecule has 3 heteroatoms. The van der Waals surface area contributed by atoms with E-state index in [0.717, 1.165) is 17.8 Å². The Morgan fingerprint density at radius 2 is 2.35 bits per heavy atom. The van der Waals surface area contributed by atoms with Crippen LogP contribution < -0.4 is 9.64 Å². The molecule has 0 saturated carbocycles. The van der Waals surface area contributed by atoms with Crippen LogP contribution in [0.4, 0.5) is 5.69 Å². The van der Waals surface area contributed by atoms with Crippen molar-refractivity contribution in [3.8, 4) is 5.75 Å². The van der Waals surface area contributed by atoms with Crippen molar-refractivity contribution in [3.63, 3.8) is 0 Å². The van der Waals surface area contributed by atoms with Crippen LogP contribution in [0.5, 0.6) is 5.75 Å². The molecule has 0 saturated heterocycles. The fourth-order valence-corrected chi connectivity index (χ4v) is 2.08. The van der Waals surface area contributed by atoms with Crippen LogP contribution >= 0.6 is 0 Å². The first-order valence-electron chi connectivity index (χ1n) is 5.78. The molecule has 1 aromatic rings. The summed E-state index contributed by atoms with van der Waals surface area (Å²) in [5, 5.41) is 0. The van der Waals surface area contributed by atoms with Gasteiger partial charge in [0.05, 0.1) is 6.42 Å². The molecule has 0 bridgehead atoms. The summed E-state index contributed by atoms with van der Waals surface area (Å²) in [6.07, 6.45) is 2.31. The van der Waals surface area contributed by atoms with Gasteiger partial charge < -0.3 is 9.64 Å². The number of fused-ring (bicyclic) bond motifs is 1. The number of anilines is 1. The molecular formula is C14H17NO2. The molecule has 90 valence electrons. The molecule has 1 aliphatic rings. The van der Waals surface area contributed by atoms with E-state index in [9.17, 15) is 4.79 Å². The number of benzene rings is 1. The van der Waals surface area contributed by atoms with E-state index in [1.54, 1.807) is 0 Å². The van der Waals surface area contributed by atoms with Crippen molar-refractivity contribution in [2.75, 3.05) is 18.5 Å². The van der Waals surface area contributed by atoms with Crippen LogP contribution in [0.15, 0.2) is 30.9 Å². The van der Waals surface area contributed by atoms with Crippen LogP contribution in [-0.2, 0) is 4.79 Å². The molecule has 0 N–H and O–H groups in total. The number of carbonyl (C=O) groups excluding carboxylic acids is 1. The van der Waals surface area contributed by atoms with Crippen molar-refractivity contribution in [1.82, 2.24) is 0 Å². The van der Waals surface area contributed by atoms with Gasteiger partial charge in [-0.25, -0.2) is 0 Å². The molecule has 1 unspecified atom stereocenters. The number of ether oxygens (including phenoxy) is 1. The highest BCUT2D eigenvalue weighted by Crippen LogP contribution is 2.36. The normalized spacial score (nSPS) is 18.2. The number of rotatable bonds is 3. The van der Waals surface area contributed by atoms with Crippen molar-refractivity contribution in [2.24, 2.45) is 0 Å². The highest BCUT2D eigenvalue weighted by Gasteiger charge is 2.24. The highest BCUT2D eigenvalue weighted by atomic mass is 16.5. The van der Waals surface area contributed by atoms with Crippen LogP contribution in [0.1, 0.15) is 24.8 Å². The molecule has 1 aromatic carbocycles. The van der Waals surface area contributed by atoms with E-state index in [4.69, 9.17) is 4.74 Å². The van der Waals surface area contributed by atoms with Crippen molar-refractivity contribution >= 4 is 11.7 Å². The van der Waals surface area contributed by atoms with Crippen LogP contribution in [0.2, 0.25) is 0 Å². The second kappa shape index (κ2) is 4.62. The fraction of sp³-hybridized carbons (Fsp3) is 0.357. The lowest BCUT2D eigenvalue weighted by Crippen LogP contribution is -2.20. The molecule has 0 fully saturated rings. The van der Waals surface area contributed by atoms with E-state index >= 15 is 0 Å². The molecule has 0 amide bonds. The van der Waals surface area contributed by atoms with Crippen LogP contribution in [0.25, 0.3) is 0 Å². The molecule has 2 rings (SSSR count). The fourth-order valence-electron chi connectivity index (χ4n) is 2.08. The van der Waals surface area contributed by atoms with E-state index < -0.39 is 0 Å². The third kappa shape index (κ3) is 2.33. The predicted octanol–water partition coefficient (Wildman–Crippen LogP) is 2.72. The quantitative estimate of drug-likeness (QED) is 0.455. The summed E-state index contributed by atoms with van der Waals surface area (Å²) >= 11 is 0. The second-order valence-corrected chi connectivity index (χ2v) is 4.47. The average molecular weight is 231 g/mol. The first-order chi connectivity index (χ1) is 8.11. The standard InChI is InChI=1S/C14H17NO2/c1-4-7-15(3)11-5-6-12-10(2)8-14(16)17-13(12)9-11/h4-6,9-10H,1,7-8H2,2-3H3. The molecule has 1 heterocycles. The van der Waals surface area contributed by atoms with Gasteiger partial charge >= 0.3 is 5.97 Å². The van der Waals surface area contributed by atoms with Crippen molar-refractivity contribution < 1.29 is 9.53 Å². The summed E-state index contributed by atoms with van der Waals surface area (Å²) in [7, 11) is 1.98. The molecule has 1 atom stereocenters. The number of carbonyl (C=O) groups is 1. The maximum Gasteiger partial charge on any atom is 0.311 e. The monoisotopic (exact) mass is 231 g/mol. The van der Waals surface area contributed by atoms with Gasteiger partial charge in [0, 0.05) is 25.3 Å². The molecule has 1 aliphatic heterocycles. The minimum absolute atomic E-state index is 0.145. The predicted molar refractivity (Wildman–Crippen MR) is 68.6 cm³/mol. The van der Waals surface area contributed by atoms with Gasteiger partial charge in [0.2, 0.25) is 0 Å². The third-order valence-electron chi connectivity index (χ3n) is 3.07. The number of hydrogen-bond acceptors (Lipinski definition) is 3. The summed E-state index contributed by atoms with van der Waals surface area (Å²) in [4.78, 5) is 13.4. The maximum atomic E-state index is 11.4. The Labute approximate surface area is 102 Å². The zero-order valence-corrected chi connectivity index (χ0v) is 10.3. The van der Waals surface area contributed by atoms with Crippen LogP contribution in [0.3, 0.4) is 0 Å². The van der Waals surface area contributed by atoms with Gasteiger partial charge in [0.1, 0.15) is 5.75 Å². The topological polar surface area (TPSA) is 29.5 Å². The first-order valence-corrected chi connectivity index (χ1v) is 5.78. The van der Waals surface area contributed by atoms with Gasteiger partial charge in [0.15, 0.2) is 0 Å². The lowest BCUT2D eigenvalue weighted by molar-refractivity contribution is -0.135. The zero-order valence-electron chi connectivity index (χ0n) is 10.3. The first kappa shape index (κ1) is 11.7. The highest BCUT2D eigenvalue weighted by molar-refractivity contribution is 5.77. The van der Waals surface area contributed by atoms with E-state index in [2.05, 4.69) is 17.5 Å². The van der Waals surface area contributed by atoms with Crippen molar-refractivity contribution in [2.45, 2.75) is 19.3 Å². The molecule has 0 aliphatic carbocycles. The van der Waals surface area contributed by atoms with Crippen molar-refractivity contribution in [1.29, 1.82) is 0 Å². The summed E-state index contributed by atoms with van der Waals surface area (Å²) in [5.41, 5.74) is 2.14. The summed E-state index contributed by atoms with van der Waals surface area (Å²) in [5.74, 6) is 0.792. The molecule has 0 spiro atoms. The number of nitrogens with zero attached hydrogens (tertiary/aromatic N) is 1. The largest absolute Gasteiger partial charge is 0.426 e. The Morgan fingerprint density at radius 1 is 1.59 bits per heavy atom. The molecule has 17 heavy (non-hydrogen) atoms. The number of likely N-dealkylation sites (N-methyl/N-ethyl adjacent to an activating group) is 1. The number of hydrogen-bond donors (Lipinski definition) is 0. The van der Waals surface area contributed by atoms with Gasteiger partial charge in [0.25, 0.3) is 0 Å². The molecule has 0 aromatic heterocycles. The Bertz CT molecular complexity index is 454. The van der Waals surface area contributed by atoms with Gasteiger partial charge in [-0.2, -0.15) is 0 Å². The average Bonchev–Trinajstić information content (AvgIpc) is 2.28. The Balaban J connectivity index is 2.33. The van der Waals surface area contributed by atoms with E-state index in [1.807, 2.05) is 32.2 Å². The van der Waals surface area contributed by atoms with Gasteiger partial charge in [-0.15, -0.1) is 6.58 Å². The lowest BCUT2D eigenvalue weighted by atomic mass is 9.94. The number of esters is 1. The third-order valence-corrected chi connectivity index (χ3v) is 3.07.